The summed E-state index contributed by atoms with van der Waals surface area (Å²) in [6, 6.07) is 3.43. The zero-order valence-corrected chi connectivity index (χ0v) is 10.0. The number of amides is 1. The minimum atomic E-state index is -0.525. The maximum Gasteiger partial charge on any atom is 0.414 e. The molecule has 0 saturated carbocycles. The number of pyridine rings is 1. The molecule has 1 rings (SSSR count). The molecular formula is C11H17N3O2. The third-order valence-corrected chi connectivity index (χ3v) is 1.84. The Balaban J connectivity index is 2.83. The lowest BCUT2D eigenvalue weighted by atomic mass is 10.2. The van der Waals surface area contributed by atoms with Gasteiger partial charge in [0.05, 0.1) is 5.69 Å². The summed E-state index contributed by atoms with van der Waals surface area (Å²) in [7, 11) is 1.60. The van der Waals surface area contributed by atoms with Crippen molar-refractivity contribution in [3.05, 3.63) is 18.3 Å². The molecule has 16 heavy (non-hydrogen) atoms. The molecule has 5 nitrogen and oxygen atoms in total. The summed E-state index contributed by atoms with van der Waals surface area (Å²) in [5.41, 5.74) is 5.68. The van der Waals surface area contributed by atoms with Crippen LogP contribution < -0.4 is 10.6 Å². The van der Waals surface area contributed by atoms with Crippen molar-refractivity contribution in [3.63, 3.8) is 0 Å². The van der Waals surface area contributed by atoms with Gasteiger partial charge < -0.3 is 10.5 Å². The number of aromatic nitrogens is 1. The monoisotopic (exact) mass is 223 g/mol. The molecule has 88 valence electrons. The molecule has 0 fully saturated rings. The fourth-order valence-corrected chi connectivity index (χ4v) is 1.12. The number of hydrogen-bond donors (Lipinski definition) is 1. The number of anilines is 2. The Hall–Kier alpha value is -1.78. The van der Waals surface area contributed by atoms with Crippen LogP contribution in [-0.2, 0) is 4.74 Å². The largest absolute Gasteiger partial charge is 0.443 e. The van der Waals surface area contributed by atoms with Gasteiger partial charge in [0.1, 0.15) is 11.4 Å². The number of ether oxygens (including phenoxy) is 1. The van der Waals surface area contributed by atoms with E-state index in [1.165, 1.54) is 4.90 Å². The van der Waals surface area contributed by atoms with Gasteiger partial charge in [-0.3, -0.25) is 4.90 Å². The van der Waals surface area contributed by atoms with Crippen LogP contribution in [0.5, 0.6) is 0 Å². The molecule has 5 heteroatoms. The van der Waals surface area contributed by atoms with Crippen LogP contribution >= 0.6 is 0 Å². The fourth-order valence-electron chi connectivity index (χ4n) is 1.12. The molecule has 0 spiro atoms. The molecule has 0 aliphatic carbocycles. The SMILES string of the molecule is CN(C(=O)OC(C)(C)C)c1cccnc1N. The van der Waals surface area contributed by atoms with Gasteiger partial charge in [0.15, 0.2) is 0 Å². The first-order valence-corrected chi connectivity index (χ1v) is 4.98. The minimum Gasteiger partial charge on any atom is -0.443 e. The van der Waals surface area contributed by atoms with E-state index < -0.39 is 11.7 Å². The molecular weight excluding hydrogens is 206 g/mol. The Labute approximate surface area is 95.2 Å². The quantitative estimate of drug-likeness (QED) is 0.791. The third kappa shape index (κ3) is 3.12. The van der Waals surface area contributed by atoms with Crippen molar-refractivity contribution in [2.45, 2.75) is 26.4 Å². The van der Waals surface area contributed by atoms with E-state index >= 15 is 0 Å². The number of carbonyl (C=O) groups excluding carboxylic acids is 1. The molecule has 0 aliphatic rings. The lowest BCUT2D eigenvalue weighted by Gasteiger charge is -2.24. The summed E-state index contributed by atoms with van der Waals surface area (Å²) in [6.07, 6.45) is 1.12. The van der Waals surface area contributed by atoms with Crippen molar-refractivity contribution in [1.29, 1.82) is 0 Å². The van der Waals surface area contributed by atoms with Gasteiger partial charge in [-0.25, -0.2) is 9.78 Å². The average molecular weight is 223 g/mol. The lowest BCUT2D eigenvalue weighted by Crippen LogP contribution is -2.34. The molecule has 1 amide bonds. The van der Waals surface area contributed by atoms with Gasteiger partial charge in [-0.1, -0.05) is 0 Å². The van der Waals surface area contributed by atoms with Crippen LogP contribution in [0.4, 0.5) is 16.3 Å². The van der Waals surface area contributed by atoms with Crippen molar-refractivity contribution in [2.24, 2.45) is 0 Å². The van der Waals surface area contributed by atoms with Gasteiger partial charge in [-0.15, -0.1) is 0 Å². The summed E-state index contributed by atoms with van der Waals surface area (Å²) in [5.74, 6) is 0.302. The maximum atomic E-state index is 11.7. The van der Waals surface area contributed by atoms with Gasteiger partial charge in [0.25, 0.3) is 0 Å². The smallest absolute Gasteiger partial charge is 0.414 e. The number of nitrogens with two attached hydrogens (primary N) is 1. The highest BCUT2D eigenvalue weighted by Crippen LogP contribution is 2.20. The summed E-state index contributed by atoms with van der Waals surface area (Å²) in [5, 5.41) is 0. The molecule has 1 aromatic rings. The molecule has 1 aromatic heterocycles. The fraction of sp³-hybridized carbons (Fsp3) is 0.455. The maximum absolute atomic E-state index is 11.7. The predicted molar refractivity (Wildman–Crippen MR) is 63.3 cm³/mol. The van der Waals surface area contributed by atoms with Crippen molar-refractivity contribution < 1.29 is 9.53 Å². The van der Waals surface area contributed by atoms with Crippen LogP contribution in [0.2, 0.25) is 0 Å². The zero-order chi connectivity index (χ0) is 12.3. The Morgan fingerprint density at radius 1 is 1.50 bits per heavy atom. The van der Waals surface area contributed by atoms with E-state index in [-0.39, 0.29) is 0 Å². The van der Waals surface area contributed by atoms with E-state index in [4.69, 9.17) is 10.5 Å². The van der Waals surface area contributed by atoms with Crippen LogP contribution in [0.15, 0.2) is 18.3 Å². The summed E-state index contributed by atoms with van der Waals surface area (Å²) in [6.45, 7) is 5.43. The number of rotatable bonds is 1. The third-order valence-electron chi connectivity index (χ3n) is 1.84. The second-order valence-electron chi connectivity index (χ2n) is 4.45. The van der Waals surface area contributed by atoms with Crippen molar-refractivity contribution >= 4 is 17.6 Å². The second kappa shape index (κ2) is 4.38. The van der Waals surface area contributed by atoms with Crippen molar-refractivity contribution in [1.82, 2.24) is 4.98 Å². The normalized spacial score (nSPS) is 11.0. The van der Waals surface area contributed by atoms with Gasteiger partial charge >= 0.3 is 6.09 Å². The Morgan fingerprint density at radius 2 is 2.12 bits per heavy atom. The standard InChI is InChI=1S/C11H17N3O2/c1-11(2,3)16-10(15)14(4)8-6-5-7-13-9(8)12/h5-7H,1-4H3,(H2,12,13). The van der Waals surface area contributed by atoms with E-state index in [0.717, 1.165) is 0 Å². The van der Waals surface area contributed by atoms with Crippen LogP contribution in [0.1, 0.15) is 20.8 Å². The summed E-state index contributed by atoms with van der Waals surface area (Å²) < 4.78 is 5.21. The first-order chi connectivity index (χ1) is 7.31. The van der Waals surface area contributed by atoms with Gasteiger partial charge in [-0.2, -0.15) is 0 Å². The van der Waals surface area contributed by atoms with Crippen LogP contribution in [-0.4, -0.2) is 23.7 Å². The Morgan fingerprint density at radius 3 is 2.62 bits per heavy atom. The second-order valence-corrected chi connectivity index (χ2v) is 4.45. The van der Waals surface area contributed by atoms with Gasteiger partial charge in [0.2, 0.25) is 0 Å². The minimum absolute atomic E-state index is 0.302. The van der Waals surface area contributed by atoms with Crippen LogP contribution in [0, 0.1) is 0 Å². The Bertz CT molecular complexity index is 385. The molecule has 1 heterocycles. The summed E-state index contributed by atoms with van der Waals surface area (Å²) in [4.78, 5) is 17.0. The molecule has 0 aliphatic heterocycles. The van der Waals surface area contributed by atoms with E-state index in [2.05, 4.69) is 4.98 Å². The van der Waals surface area contributed by atoms with E-state index in [0.29, 0.717) is 11.5 Å². The molecule has 0 atom stereocenters. The average Bonchev–Trinajstić information content (AvgIpc) is 2.15. The first kappa shape index (κ1) is 12.3. The first-order valence-electron chi connectivity index (χ1n) is 4.98. The van der Waals surface area contributed by atoms with E-state index in [9.17, 15) is 4.79 Å². The number of carbonyl (C=O) groups is 1. The highest BCUT2D eigenvalue weighted by atomic mass is 16.6. The Kier molecular flexibility index (Phi) is 3.37. The lowest BCUT2D eigenvalue weighted by molar-refractivity contribution is 0.0589. The molecule has 0 aromatic carbocycles. The van der Waals surface area contributed by atoms with Crippen LogP contribution in [0.25, 0.3) is 0 Å². The van der Waals surface area contributed by atoms with Crippen molar-refractivity contribution in [2.75, 3.05) is 17.7 Å². The van der Waals surface area contributed by atoms with Gasteiger partial charge in [0, 0.05) is 13.2 Å². The van der Waals surface area contributed by atoms with E-state index in [1.54, 1.807) is 25.4 Å². The molecule has 0 bridgehead atoms. The molecule has 0 unspecified atom stereocenters. The molecule has 2 N–H and O–H groups in total. The highest BCUT2D eigenvalue weighted by Gasteiger charge is 2.21. The zero-order valence-electron chi connectivity index (χ0n) is 10.0. The molecule has 0 saturated heterocycles. The number of nitrogens with zero attached hydrogens (tertiary/aromatic N) is 2. The highest BCUT2D eigenvalue weighted by molar-refractivity contribution is 5.90. The van der Waals surface area contributed by atoms with Gasteiger partial charge in [-0.05, 0) is 32.9 Å². The number of hydrogen-bond acceptors (Lipinski definition) is 4. The molecule has 0 radical (unpaired) electrons. The topological polar surface area (TPSA) is 68.5 Å². The van der Waals surface area contributed by atoms with E-state index in [1.807, 2.05) is 20.8 Å². The summed E-state index contributed by atoms with van der Waals surface area (Å²) >= 11 is 0. The van der Waals surface area contributed by atoms with Crippen molar-refractivity contribution in [3.8, 4) is 0 Å². The number of nitrogen functional groups attached to an aromatic ring is 1. The predicted octanol–water partition coefficient (Wildman–Crippen LogP) is 2.04. The van der Waals surface area contributed by atoms with Crippen LogP contribution in [0.3, 0.4) is 0 Å².